The first-order valence-electron chi connectivity index (χ1n) is 5.28. The van der Waals surface area contributed by atoms with E-state index >= 15 is 0 Å². The summed E-state index contributed by atoms with van der Waals surface area (Å²) in [4.78, 5) is 0. The van der Waals surface area contributed by atoms with E-state index in [0.717, 1.165) is 13.1 Å². The van der Waals surface area contributed by atoms with Gasteiger partial charge in [-0.25, -0.2) is 4.39 Å². The van der Waals surface area contributed by atoms with Crippen LogP contribution >= 0.6 is 11.6 Å². The molecule has 0 aliphatic heterocycles. The Kier molecular flexibility index (Phi) is 5.06. The first-order chi connectivity index (χ1) is 7.15. The molecule has 15 heavy (non-hydrogen) atoms. The SMILES string of the molecule is CCNCC(C)Cc1c(F)cccc1Cl. The van der Waals surface area contributed by atoms with Gasteiger partial charge in [-0.2, -0.15) is 0 Å². The second-order valence-electron chi connectivity index (χ2n) is 3.82. The molecule has 0 saturated carbocycles. The molecule has 0 aliphatic rings. The van der Waals surface area contributed by atoms with Gasteiger partial charge in [0.25, 0.3) is 0 Å². The van der Waals surface area contributed by atoms with Crippen molar-refractivity contribution in [3.05, 3.63) is 34.6 Å². The molecular weight excluding hydrogens is 213 g/mol. The Morgan fingerprint density at radius 3 is 2.80 bits per heavy atom. The number of halogens is 2. The van der Waals surface area contributed by atoms with E-state index < -0.39 is 0 Å². The van der Waals surface area contributed by atoms with Gasteiger partial charge in [0.05, 0.1) is 0 Å². The Bertz CT molecular complexity index is 294. The maximum atomic E-state index is 13.4. The van der Waals surface area contributed by atoms with Crippen LogP contribution in [0.15, 0.2) is 18.2 Å². The first-order valence-corrected chi connectivity index (χ1v) is 5.66. The smallest absolute Gasteiger partial charge is 0.127 e. The number of nitrogens with one attached hydrogen (secondary N) is 1. The quantitative estimate of drug-likeness (QED) is 0.817. The zero-order valence-electron chi connectivity index (χ0n) is 9.19. The van der Waals surface area contributed by atoms with E-state index in [1.807, 2.05) is 0 Å². The Morgan fingerprint density at radius 1 is 1.47 bits per heavy atom. The molecule has 3 heteroatoms. The van der Waals surface area contributed by atoms with Gasteiger partial charge >= 0.3 is 0 Å². The summed E-state index contributed by atoms with van der Waals surface area (Å²) < 4.78 is 13.4. The number of hydrogen-bond acceptors (Lipinski definition) is 1. The molecule has 0 fully saturated rings. The predicted octanol–water partition coefficient (Wildman–Crippen LogP) is 3.27. The third-order valence-electron chi connectivity index (χ3n) is 2.36. The zero-order valence-corrected chi connectivity index (χ0v) is 9.94. The van der Waals surface area contributed by atoms with E-state index in [-0.39, 0.29) is 5.82 Å². The molecule has 1 unspecified atom stereocenters. The normalized spacial score (nSPS) is 12.8. The number of rotatable bonds is 5. The van der Waals surface area contributed by atoms with Crippen molar-refractivity contribution in [3.8, 4) is 0 Å². The van der Waals surface area contributed by atoms with Gasteiger partial charge in [0.2, 0.25) is 0 Å². The molecule has 0 spiro atoms. The molecule has 1 rings (SSSR count). The molecule has 1 atom stereocenters. The van der Waals surface area contributed by atoms with Crippen LogP contribution in [0.4, 0.5) is 4.39 Å². The van der Waals surface area contributed by atoms with Crippen LogP contribution in [0, 0.1) is 11.7 Å². The average molecular weight is 230 g/mol. The van der Waals surface area contributed by atoms with Crippen LogP contribution < -0.4 is 5.32 Å². The van der Waals surface area contributed by atoms with E-state index in [1.165, 1.54) is 6.07 Å². The third kappa shape index (κ3) is 3.80. The van der Waals surface area contributed by atoms with Crippen molar-refractivity contribution in [2.75, 3.05) is 13.1 Å². The molecule has 0 radical (unpaired) electrons. The molecular formula is C12H17ClFN. The second-order valence-corrected chi connectivity index (χ2v) is 4.22. The van der Waals surface area contributed by atoms with Gasteiger partial charge in [0, 0.05) is 10.6 Å². The fourth-order valence-electron chi connectivity index (χ4n) is 1.54. The maximum absolute atomic E-state index is 13.4. The Morgan fingerprint density at radius 2 is 2.20 bits per heavy atom. The summed E-state index contributed by atoms with van der Waals surface area (Å²) >= 11 is 5.95. The molecule has 0 heterocycles. The molecule has 1 nitrogen and oxygen atoms in total. The fraction of sp³-hybridized carbons (Fsp3) is 0.500. The highest BCUT2D eigenvalue weighted by atomic mass is 35.5. The predicted molar refractivity (Wildman–Crippen MR) is 62.8 cm³/mol. The van der Waals surface area contributed by atoms with Gasteiger partial charge in [-0.05, 0) is 37.6 Å². The third-order valence-corrected chi connectivity index (χ3v) is 2.71. The van der Waals surface area contributed by atoms with E-state index in [2.05, 4.69) is 19.2 Å². The minimum absolute atomic E-state index is 0.203. The molecule has 0 bridgehead atoms. The summed E-state index contributed by atoms with van der Waals surface area (Å²) in [6.07, 6.45) is 0.679. The molecule has 1 N–H and O–H groups in total. The van der Waals surface area contributed by atoms with Crippen molar-refractivity contribution in [1.82, 2.24) is 5.32 Å². The average Bonchev–Trinajstić information content (AvgIpc) is 2.21. The Balaban J connectivity index is 2.63. The van der Waals surface area contributed by atoms with Crippen molar-refractivity contribution in [3.63, 3.8) is 0 Å². The lowest BCUT2D eigenvalue weighted by molar-refractivity contribution is 0.505. The van der Waals surface area contributed by atoms with Crippen molar-refractivity contribution in [1.29, 1.82) is 0 Å². The molecule has 1 aromatic carbocycles. The molecule has 0 amide bonds. The summed E-state index contributed by atoms with van der Waals surface area (Å²) in [6, 6.07) is 4.83. The number of hydrogen-bond donors (Lipinski definition) is 1. The topological polar surface area (TPSA) is 12.0 Å². The van der Waals surface area contributed by atoms with E-state index in [1.54, 1.807) is 12.1 Å². The van der Waals surface area contributed by atoms with Gasteiger partial charge < -0.3 is 5.32 Å². The van der Waals surface area contributed by atoms with Gasteiger partial charge in [-0.15, -0.1) is 0 Å². The highest BCUT2D eigenvalue weighted by Gasteiger charge is 2.10. The minimum atomic E-state index is -0.203. The van der Waals surface area contributed by atoms with Gasteiger partial charge in [-0.3, -0.25) is 0 Å². The summed E-state index contributed by atoms with van der Waals surface area (Å²) in [6.45, 7) is 5.98. The lowest BCUT2D eigenvalue weighted by atomic mass is 10.0. The second kappa shape index (κ2) is 6.09. The summed E-state index contributed by atoms with van der Waals surface area (Å²) in [7, 11) is 0. The lowest BCUT2D eigenvalue weighted by Crippen LogP contribution is -2.22. The highest BCUT2D eigenvalue weighted by Crippen LogP contribution is 2.21. The lowest BCUT2D eigenvalue weighted by Gasteiger charge is -2.13. The van der Waals surface area contributed by atoms with Crippen molar-refractivity contribution < 1.29 is 4.39 Å². The summed E-state index contributed by atoms with van der Waals surface area (Å²) in [5.74, 6) is 0.185. The highest BCUT2D eigenvalue weighted by molar-refractivity contribution is 6.31. The Labute approximate surface area is 95.6 Å². The van der Waals surface area contributed by atoms with Crippen LogP contribution in [0.25, 0.3) is 0 Å². The van der Waals surface area contributed by atoms with Crippen LogP contribution in [0.2, 0.25) is 5.02 Å². The van der Waals surface area contributed by atoms with Crippen molar-refractivity contribution >= 4 is 11.6 Å². The summed E-state index contributed by atoms with van der Waals surface area (Å²) in [5, 5.41) is 3.77. The van der Waals surface area contributed by atoms with E-state index in [0.29, 0.717) is 22.9 Å². The monoisotopic (exact) mass is 229 g/mol. The zero-order chi connectivity index (χ0) is 11.3. The maximum Gasteiger partial charge on any atom is 0.127 e. The fourth-order valence-corrected chi connectivity index (χ4v) is 1.78. The molecule has 0 aromatic heterocycles. The largest absolute Gasteiger partial charge is 0.317 e. The van der Waals surface area contributed by atoms with E-state index in [9.17, 15) is 4.39 Å². The van der Waals surface area contributed by atoms with Crippen LogP contribution in [-0.2, 0) is 6.42 Å². The molecule has 0 aliphatic carbocycles. The van der Waals surface area contributed by atoms with Gasteiger partial charge in [0.1, 0.15) is 5.82 Å². The summed E-state index contributed by atoms with van der Waals surface area (Å²) in [5.41, 5.74) is 0.629. The van der Waals surface area contributed by atoms with Crippen LogP contribution in [0.3, 0.4) is 0 Å². The van der Waals surface area contributed by atoms with Crippen LogP contribution in [-0.4, -0.2) is 13.1 Å². The van der Waals surface area contributed by atoms with Gasteiger partial charge in [0.15, 0.2) is 0 Å². The minimum Gasteiger partial charge on any atom is -0.317 e. The van der Waals surface area contributed by atoms with Gasteiger partial charge in [-0.1, -0.05) is 31.5 Å². The Hall–Kier alpha value is -0.600. The molecule has 1 aromatic rings. The van der Waals surface area contributed by atoms with Crippen LogP contribution in [0.1, 0.15) is 19.4 Å². The standard InChI is InChI=1S/C12H17ClFN/c1-3-15-8-9(2)7-10-11(13)5-4-6-12(10)14/h4-6,9,15H,3,7-8H2,1-2H3. The first kappa shape index (κ1) is 12.5. The van der Waals surface area contributed by atoms with Crippen LogP contribution in [0.5, 0.6) is 0 Å². The molecule has 84 valence electrons. The molecule has 0 saturated heterocycles. The number of benzene rings is 1. The van der Waals surface area contributed by atoms with E-state index in [4.69, 9.17) is 11.6 Å². The van der Waals surface area contributed by atoms with Crippen molar-refractivity contribution in [2.45, 2.75) is 20.3 Å². The van der Waals surface area contributed by atoms with Crippen molar-refractivity contribution in [2.24, 2.45) is 5.92 Å².